The molecule has 2 aromatic rings. The Balaban J connectivity index is 2.34. The average Bonchev–Trinajstić information content (AvgIpc) is 2.41. The van der Waals surface area contributed by atoms with Crippen molar-refractivity contribution in [1.82, 2.24) is 0 Å². The molecule has 1 nitrogen and oxygen atoms in total. The van der Waals surface area contributed by atoms with E-state index in [1.807, 2.05) is 0 Å². The summed E-state index contributed by atoms with van der Waals surface area (Å²) in [7, 11) is 1.51. The van der Waals surface area contributed by atoms with Crippen LogP contribution < -0.4 is 4.74 Å². The Bertz CT molecular complexity index is 664. The number of methoxy groups -OCH3 is 1. The highest BCUT2D eigenvalue weighted by Crippen LogP contribution is 2.39. The van der Waals surface area contributed by atoms with Crippen LogP contribution in [0.1, 0.15) is 16.5 Å². The van der Waals surface area contributed by atoms with Crippen LogP contribution in [0.2, 0.25) is 5.02 Å². The van der Waals surface area contributed by atoms with E-state index in [0.29, 0.717) is 26.4 Å². The van der Waals surface area contributed by atoms with Gasteiger partial charge in [0, 0.05) is 16.7 Å². The van der Waals surface area contributed by atoms with Gasteiger partial charge in [-0.05, 0) is 46.1 Å². The second-order valence-corrected chi connectivity index (χ2v) is 6.24. The van der Waals surface area contributed by atoms with E-state index in [1.165, 1.54) is 19.2 Å². The normalized spacial score (nSPS) is 12.3. The fourth-order valence-corrected chi connectivity index (χ4v) is 3.34. The highest BCUT2D eigenvalue weighted by atomic mass is 79.9. The first-order valence-corrected chi connectivity index (χ1v) is 7.64. The fraction of sp³-hybridized carbons (Fsp3) is 0.200. The zero-order chi connectivity index (χ0) is 15.6. The molecule has 2 aromatic carbocycles. The predicted molar refractivity (Wildman–Crippen MR) is 84.4 cm³/mol. The molecule has 112 valence electrons. The maximum Gasteiger partial charge on any atom is 0.137 e. The number of ether oxygens (including phenoxy) is 1. The highest BCUT2D eigenvalue weighted by Gasteiger charge is 2.19. The van der Waals surface area contributed by atoms with Crippen LogP contribution in [0, 0.1) is 11.6 Å². The lowest BCUT2D eigenvalue weighted by molar-refractivity contribution is 0.406. The summed E-state index contributed by atoms with van der Waals surface area (Å²) in [4.78, 5) is 0. The first-order chi connectivity index (χ1) is 9.92. The number of benzene rings is 2. The molecule has 6 heteroatoms. The van der Waals surface area contributed by atoms with E-state index in [1.54, 1.807) is 12.1 Å². The van der Waals surface area contributed by atoms with Gasteiger partial charge in [0.25, 0.3) is 0 Å². The molecule has 0 bridgehead atoms. The summed E-state index contributed by atoms with van der Waals surface area (Å²) in [6.07, 6.45) is 0.191. The molecular formula is C15H11BrCl2F2O. The molecule has 21 heavy (non-hydrogen) atoms. The van der Waals surface area contributed by atoms with E-state index >= 15 is 0 Å². The van der Waals surface area contributed by atoms with Crippen molar-refractivity contribution in [2.24, 2.45) is 0 Å². The number of rotatable bonds is 4. The largest absolute Gasteiger partial charge is 0.495 e. The third-order valence-electron chi connectivity index (χ3n) is 2.99. The van der Waals surface area contributed by atoms with Gasteiger partial charge in [-0.25, -0.2) is 8.78 Å². The molecule has 1 unspecified atom stereocenters. The van der Waals surface area contributed by atoms with Crippen molar-refractivity contribution in [2.45, 2.75) is 11.8 Å². The highest BCUT2D eigenvalue weighted by molar-refractivity contribution is 9.10. The van der Waals surface area contributed by atoms with E-state index in [0.717, 1.165) is 6.07 Å². The molecule has 0 fully saturated rings. The van der Waals surface area contributed by atoms with Crippen LogP contribution in [-0.2, 0) is 6.42 Å². The van der Waals surface area contributed by atoms with Crippen LogP contribution >= 0.6 is 39.1 Å². The summed E-state index contributed by atoms with van der Waals surface area (Å²) < 4.78 is 32.6. The number of hydrogen-bond donors (Lipinski definition) is 0. The third-order valence-corrected chi connectivity index (χ3v) is 4.19. The molecule has 0 saturated carbocycles. The maximum atomic E-state index is 13.7. The van der Waals surface area contributed by atoms with Crippen molar-refractivity contribution in [3.63, 3.8) is 0 Å². The zero-order valence-electron chi connectivity index (χ0n) is 11.0. The van der Waals surface area contributed by atoms with Crippen LogP contribution in [0.15, 0.2) is 34.8 Å². The smallest absolute Gasteiger partial charge is 0.137 e. The van der Waals surface area contributed by atoms with Gasteiger partial charge in [-0.3, -0.25) is 0 Å². The summed E-state index contributed by atoms with van der Waals surface area (Å²) in [5, 5.41) is -0.0715. The van der Waals surface area contributed by atoms with Crippen LogP contribution in [0.5, 0.6) is 5.75 Å². The van der Waals surface area contributed by atoms with Crippen LogP contribution in [0.25, 0.3) is 0 Å². The molecule has 0 heterocycles. The molecule has 0 saturated heterocycles. The van der Waals surface area contributed by atoms with Gasteiger partial charge in [0.05, 0.1) is 17.0 Å². The van der Waals surface area contributed by atoms with Crippen molar-refractivity contribution < 1.29 is 13.5 Å². The van der Waals surface area contributed by atoms with Crippen molar-refractivity contribution in [1.29, 1.82) is 0 Å². The molecule has 0 aliphatic rings. The molecule has 0 aliphatic heterocycles. The summed E-state index contributed by atoms with van der Waals surface area (Å²) in [6, 6.07) is 6.78. The minimum absolute atomic E-state index is 0.191. The third kappa shape index (κ3) is 3.87. The van der Waals surface area contributed by atoms with E-state index < -0.39 is 17.0 Å². The van der Waals surface area contributed by atoms with Gasteiger partial charge in [0.2, 0.25) is 0 Å². The number of hydrogen-bond acceptors (Lipinski definition) is 1. The lowest BCUT2D eigenvalue weighted by Gasteiger charge is -2.16. The summed E-state index contributed by atoms with van der Waals surface area (Å²) in [5.74, 6) is -0.701. The van der Waals surface area contributed by atoms with Gasteiger partial charge in [-0.1, -0.05) is 17.7 Å². The second-order valence-electron chi connectivity index (χ2n) is 4.42. The first kappa shape index (κ1) is 16.5. The predicted octanol–water partition coefficient (Wildman–Crippen LogP) is 5.91. The Morgan fingerprint density at radius 2 is 1.95 bits per heavy atom. The molecule has 0 amide bonds. The van der Waals surface area contributed by atoms with Crippen LogP contribution in [-0.4, -0.2) is 7.11 Å². The molecule has 1 atom stereocenters. The lowest BCUT2D eigenvalue weighted by atomic mass is 10.0. The van der Waals surface area contributed by atoms with Gasteiger partial charge in [-0.2, -0.15) is 0 Å². The van der Waals surface area contributed by atoms with E-state index in [4.69, 9.17) is 27.9 Å². The van der Waals surface area contributed by atoms with E-state index in [2.05, 4.69) is 15.9 Å². The SMILES string of the molecule is COc1c(Br)cc(Cl)cc1C(Cl)Cc1ccc(F)cc1F. The average molecular weight is 396 g/mol. The minimum Gasteiger partial charge on any atom is -0.495 e. The van der Waals surface area contributed by atoms with Gasteiger partial charge in [0.1, 0.15) is 17.4 Å². The van der Waals surface area contributed by atoms with Crippen LogP contribution in [0.4, 0.5) is 8.78 Å². The molecule has 2 rings (SSSR count). The zero-order valence-corrected chi connectivity index (χ0v) is 14.1. The van der Waals surface area contributed by atoms with E-state index in [9.17, 15) is 8.78 Å². The maximum absolute atomic E-state index is 13.7. The molecule has 0 aromatic heterocycles. The molecule has 0 aliphatic carbocycles. The molecular weight excluding hydrogens is 385 g/mol. The van der Waals surface area contributed by atoms with Crippen LogP contribution in [0.3, 0.4) is 0 Å². The Kier molecular flexibility index (Phi) is 5.47. The Morgan fingerprint density at radius 3 is 2.57 bits per heavy atom. The van der Waals surface area contributed by atoms with Gasteiger partial charge in [0.15, 0.2) is 0 Å². The summed E-state index contributed by atoms with van der Waals surface area (Å²) >= 11 is 15.7. The van der Waals surface area contributed by atoms with Gasteiger partial charge < -0.3 is 4.74 Å². The minimum atomic E-state index is -0.624. The Labute approximate surface area is 140 Å². The second kappa shape index (κ2) is 6.95. The Morgan fingerprint density at radius 1 is 1.24 bits per heavy atom. The lowest BCUT2D eigenvalue weighted by Crippen LogP contribution is -2.02. The topological polar surface area (TPSA) is 9.23 Å². The van der Waals surface area contributed by atoms with Gasteiger partial charge in [-0.15, -0.1) is 11.6 Å². The quantitative estimate of drug-likeness (QED) is 0.584. The Hall–Kier alpha value is -0.840. The summed E-state index contributed by atoms with van der Waals surface area (Å²) in [6.45, 7) is 0. The summed E-state index contributed by atoms with van der Waals surface area (Å²) in [5.41, 5.74) is 0.969. The number of alkyl halides is 1. The van der Waals surface area contributed by atoms with Crippen molar-refractivity contribution in [3.8, 4) is 5.75 Å². The number of halogens is 5. The monoisotopic (exact) mass is 394 g/mol. The molecule has 0 radical (unpaired) electrons. The fourth-order valence-electron chi connectivity index (χ4n) is 2.02. The van der Waals surface area contributed by atoms with E-state index in [-0.39, 0.29) is 6.42 Å². The van der Waals surface area contributed by atoms with Gasteiger partial charge >= 0.3 is 0 Å². The first-order valence-electron chi connectivity index (χ1n) is 6.03. The van der Waals surface area contributed by atoms with Crippen molar-refractivity contribution in [3.05, 3.63) is 62.6 Å². The standard InChI is InChI=1S/C15H11BrCl2F2O/c1-21-15-11(5-9(17)6-12(15)16)13(18)4-8-2-3-10(19)7-14(8)20/h2-3,5-7,13H,4H2,1H3. The van der Waals surface area contributed by atoms with Crippen molar-refractivity contribution in [2.75, 3.05) is 7.11 Å². The van der Waals surface area contributed by atoms with Crippen molar-refractivity contribution >= 4 is 39.1 Å². The molecule has 0 N–H and O–H groups in total. The molecule has 0 spiro atoms.